The molecule has 0 unspecified atom stereocenters. The maximum absolute atomic E-state index is 13.0. The summed E-state index contributed by atoms with van der Waals surface area (Å²) < 4.78 is 16.4. The first-order chi connectivity index (χ1) is 17.4. The van der Waals surface area contributed by atoms with Crippen LogP contribution in [-0.2, 0) is 17.9 Å². The fraction of sp³-hybridized carbons (Fsp3) is 0.120. The number of rotatable bonds is 7. The van der Waals surface area contributed by atoms with E-state index in [1.54, 1.807) is 60.7 Å². The number of amides is 2. The molecule has 2 amide bonds. The monoisotopic (exact) mass is 524 g/mol. The van der Waals surface area contributed by atoms with Crippen molar-refractivity contribution in [3.63, 3.8) is 0 Å². The number of imide groups is 1. The first-order valence-electron chi connectivity index (χ1n) is 10.7. The van der Waals surface area contributed by atoms with Crippen LogP contribution in [0.4, 0.5) is 10.5 Å². The van der Waals surface area contributed by atoms with Gasteiger partial charge >= 0.3 is 0 Å². The minimum Gasteiger partial charge on any atom is -0.489 e. The highest BCUT2D eigenvalue weighted by molar-refractivity contribution is 8.18. The molecule has 3 aromatic rings. The third kappa shape index (κ3) is 4.86. The SMILES string of the molecule is O=C1S/C(=C\c2cccc(OCc3ccccc3[N+](=O)[O-])c2)C(=O)N1Cc1cc2c(cc1Cl)OCO2. The van der Waals surface area contributed by atoms with Crippen LogP contribution in [0.5, 0.6) is 17.2 Å². The third-order valence-electron chi connectivity index (χ3n) is 5.48. The molecule has 3 aromatic carbocycles. The highest BCUT2D eigenvalue weighted by atomic mass is 35.5. The van der Waals surface area contributed by atoms with Gasteiger partial charge in [-0.25, -0.2) is 0 Å². The van der Waals surface area contributed by atoms with E-state index in [1.807, 2.05) is 0 Å². The van der Waals surface area contributed by atoms with Crippen LogP contribution >= 0.6 is 23.4 Å². The van der Waals surface area contributed by atoms with Gasteiger partial charge in [0.2, 0.25) is 6.79 Å². The Hall–Kier alpha value is -4.02. The molecule has 2 aliphatic rings. The smallest absolute Gasteiger partial charge is 0.293 e. The van der Waals surface area contributed by atoms with Gasteiger partial charge in [-0.3, -0.25) is 24.6 Å². The molecule has 9 nitrogen and oxygen atoms in total. The summed E-state index contributed by atoms with van der Waals surface area (Å²) in [7, 11) is 0. The normalized spacial score (nSPS) is 15.6. The van der Waals surface area contributed by atoms with E-state index >= 15 is 0 Å². The van der Waals surface area contributed by atoms with Gasteiger partial charge in [0.05, 0.1) is 21.9 Å². The number of hydrogen-bond donors (Lipinski definition) is 0. The Balaban J connectivity index is 1.30. The van der Waals surface area contributed by atoms with Crippen molar-refractivity contribution in [2.75, 3.05) is 6.79 Å². The van der Waals surface area contributed by atoms with Crippen molar-refractivity contribution in [2.24, 2.45) is 0 Å². The van der Waals surface area contributed by atoms with Gasteiger partial charge in [-0.05, 0) is 53.2 Å². The van der Waals surface area contributed by atoms with Crippen molar-refractivity contribution in [2.45, 2.75) is 13.2 Å². The first kappa shape index (κ1) is 23.7. The summed E-state index contributed by atoms with van der Waals surface area (Å²) in [5, 5.41) is 11.2. The fourth-order valence-corrected chi connectivity index (χ4v) is 4.76. The zero-order valence-electron chi connectivity index (χ0n) is 18.5. The molecule has 11 heteroatoms. The number of nitro groups is 1. The predicted molar refractivity (Wildman–Crippen MR) is 133 cm³/mol. The zero-order valence-corrected chi connectivity index (χ0v) is 20.1. The maximum atomic E-state index is 13.0. The number of carbonyl (C=O) groups excluding carboxylic acids is 2. The van der Waals surface area contributed by atoms with Crippen LogP contribution in [0.25, 0.3) is 6.08 Å². The van der Waals surface area contributed by atoms with Gasteiger partial charge in [-0.1, -0.05) is 35.9 Å². The van der Waals surface area contributed by atoms with Crippen LogP contribution in [0.2, 0.25) is 5.02 Å². The van der Waals surface area contributed by atoms with Gasteiger partial charge in [0.25, 0.3) is 16.8 Å². The maximum Gasteiger partial charge on any atom is 0.293 e. The van der Waals surface area contributed by atoms with E-state index in [9.17, 15) is 19.7 Å². The largest absolute Gasteiger partial charge is 0.489 e. The number of halogens is 1. The van der Waals surface area contributed by atoms with E-state index in [0.717, 1.165) is 16.7 Å². The number of thioether (sulfide) groups is 1. The molecule has 36 heavy (non-hydrogen) atoms. The summed E-state index contributed by atoms with van der Waals surface area (Å²) in [6.07, 6.45) is 1.60. The molecule has 1 saturated heterocycles. The Labute approximate surface area is 214 Å². The van der Waals surface area contributed by atoms with Crippen LogP contribution in [0.15, 0.2) is 65.6 Å². The summed E-state index contributed by atoms with van der Waals surface area (Å²) in [5.41, 5.74) is 1.62. The Morgan fingerprint density at radius 1 is 1.06 bits per heavy atom. The number of fused-ring (bicyclic) bond motifs is 1. The second kappa shape index (κ2) is 9.92. The molecule has 5 rings (SSSR count). The molecule has 2 aliphatic heterocycles. The molecular weight excluding hydrogens is 508 g/mol. The number of nitro benzene ring substituents is 1. The van der Waals surface area contributed by atoms with Crippen molar-refractivity contribution in [3.8, 4) is 17.2 Å². The Morgan fingerprint density at radius 2 is 1.83 bits per heavy atom. The number of carbonyl (C=O) groups is 2. The fourth-order valence-electron chi connectivity index (χ4n) is 3.70. The van der Waals surface area contributed by atoms with Crippen molar-refractivity contribution < 1.29 is 28.7 Å². The third-order valence-corrected chi connectivity index (χ3v) is 6.74. The van der Waals surface area contributed by atoms with E-state index < -0.39 is 16.1 Å². The molecule has 0 spiro atoms. The Bertz CT molecular complexity index is 1430. The van der Waals surface area contributed by atoms with Crippen LogP contribution < -0.4 is 14.2 Å². The van der Waals surface area contributed by atoms with Gasteiger partial charge in [0, 0.05) is 17.2 Å². The average molecular weight is 525 g/mol. The van der Waals surface area contributed by atoms with Crippen LogP contribution in [0.1, 0.15) is 16.7 Å². The molecular formula is C25H17ClN2O7S. The van der Waals surface area contributed by atoms with Crippen LogP contribution in [0.3, 0.4) is 0 Å². The molecule has 0 saturated carbocycles. The first-order valence-corrected chi connectivity index (χ1v) is 11.9. The van der Waals surface area contributed by atoms with Gasteiger partial charge in [0.15, 0.2) is 11.5 Å². The molecule has 0 radical (unpaired) electrons. The molecule has 0 atom stereocenters. The summed E-state index contributed by atoms with van der Waals surface area (Å²) in [6, 6.07) is 16.5. The quantitative estimate of drug-likeness (QED) is 0.217. The lowest BCUT2D eigenvalue weighted by molar-refractivity contribution is -0.385. The minimum atomic E-state index is -0.456. The molecule has 2 heterocycles. The molecule has 0 aliphatic carbocycles. The zero-order chi connectivity index (χ0) is 25.2. The number of para-hydroxylation sites is 1. The van der Waals surface area contributed by atoms with E-state index in [2.05, 4.69) is 0 Å². The number of benzene rings is 3. The lowest BCUT2D eigenvalue weighted by atomic mass is 10.1. The number of nitrogens with zero attached hydrogens (tertiary/aromatic N) is 2. The summed E-state index contributed by atoms with van der Waals surface area (Å²) in [6.45, 7) is 0.0916. The van der Waals surface area contributed by atoms with Crippen LogP contribution in [-0.4, -0.2) is 27.8 Å². The van der Waals surface area contributed by atoms with E-state index in [1.165, 1.54) is 6.07 Å². The number of ether oxygens (including phenoxy) is 3. The van der Waals surface area contributed by atoms with Gasteiger partial charge < -0.3 is 14.2 Å². The highest BCUT2D eigenvalue weighted by Crippen LogP contribution is 2.39. The predicted octanol–water partition coefficient (Wildman–Crippen LogP) is 5.79. The molecule has 182 valence electrons. The van der Waals surface area contributed by atoms with E-state index in [0.29, 0.717) is 39.0 Å². The van der Waals surface area contributed by atoms with Gasteiger partial charge in [-0.2, -0.15) is 0 Å². The standard InChI is InChI=1S/C25H17ClN2O7S/c26-19-11-22-21(34-14-35-22)10-17(19)12-27-24(29)23(36-25(27)30)9-15-4-3-6-18(8-15)33-13-16-5-1-2-7-20(16)28(31)32/h1-11H,12-14H2/b23-9-. The minimum absolute atomic E-state index is 0.00349. The molecule has 0 N–H and O–H groups in total. The van der Waals surface area contributed by atoms with E-state index in [-0.39, 0.29) is 30.5 Å². The molecule has 0 aromatic heterocycles. The Morgan fingerprint density at radius 3 is 2.64 bits per heavy atom. The van der Waals surface area contributed by atoms with Crippen molar-refractivity contribution in [1.82, 2.24) is 4.90 Å². The van der Waals surface area contributed by atoms with Crippen LogP contribution in [0, 0.1) is 10.1 Å². The Kier molecular flexibility index (Phi) is 6.53. The topological polar surface area (TPSA) is 108 Å². The summed E-state index contributed by atoms with van der Waals surface area (Å²) in [4.78, 5) is 37.7. The average Bonchev–Trinajstić information content (AvgIpc) is 3.42. The lowest BCUT2D eigenvalue weighted by Gasteiger charge is -2.14. The summed E-state index contributed by atoms with van der Waals surface area (Å²) in [5.74, 6) is 1.05. The van der Waals surface area contributed by atoms with E-state index in [4.69, 9.17) is 25.8 Å². The van der Waals surface area contributed by atoms with Crippen molar-refractivity contribution in [1.29, 1.82) is 0 Å². The van der Waals surface area contributed by atoms with Crippen molar-refractivity contribution >= 4 is 46.3 Å². The second-order valence-electron chi connectivity index (χ2n) is 7.81. The van der Waals surface area contributed by atoms with Gasteiger partial charge in [-0.15, -0.1) is 0 Å². The van der Waals surface area contributed by atoms with Gasteiger partial charge in [0.1, 0.15) is 12.4 Å². The molecule has 1 fully saturated rings. The summed E-state index contributed by atoms with van der Waals surface area (Å²) >= 11 is 7.14. The van der Waals surface area contributed by atoms with Crippen molar-refractivity contribution in [3.05, 3.63) is 97.4 Å². The number of hydrogen-bond acceptors (Lipinski definition) is 8. The highest BCUT2D eigenvalue weighted by Gasteiger charge is 2.35. The second-order valence-corrected chi connectivity index (χ2v) is 9.21. The lowest BCUT2D eigenvalue weighted by Crippen LogP contribution is -2.27. The molecule has 0 bridgehead atoms.